The Morgan fingerprint density at radius 3 is 2.54 bits per heavy atom. The summed E-state index contributed by atoms with van der Waals surface area (Å²) in [5.74, 6) is -0.614. The van der Waals surface area contributed by atoms with Gasteiger partial charge in [-0.05, 0) is 42.1 Å². The van der Waals surface area contributed by atoms with Gasteiger partial charge < -0.3 is 15.4 Å². The number of methoxy groups -OCH3 is 1. The Labute approximate surface area is 164 Å². The van der Waals surface area contributed by atoms with Crippen LogP contribution < -0.4 is 15.4 Å². The Morgan fingerprint density at radius 1 is 1.25 bits per heavy atom. The van der Waals surface area contributed by atoms with Crippen LogP contribution in [0.5, 0.6) is 5.75 Å². The number of nitro benzene ring substituents is 1. The standard InChI is InChI=1S/C18H13N5O4S/c1-27-17-8-14(23(25)26)4-7-16(17)22-18(24)12(9-19)10-21-13-2-5-15(6-3-13)28-11-20/h2-8,10,21H,1H3,(H,22,24)/b12-10-. The fraction of sp³-hybridized carbons (Fsp3) is 0.0556. The van der Waals surface area contributed by atoms with E-state index in [0.717, 1.165) is 16.7 Å². The van der Waals surface area contributed by atoms with Crippen molar-refractivity contribution in [2.75, 3.05) is 17.7 Å². The number of non-ortho nitro benzene ring substituents is 1. The van der Waals surface area contributed by atoms with Crippen molar-refractivity contribution in [3.63, 3.8) is 0 Å². The third kappa shape index (κ3) is 5.24. The Kier molecular flexibility index (Phi) is 6.97. The first kappa shape index (κ1) is 20.3. The van der Waals surface area contributed by atoms with E-state index in [1.165, 1.54) is 31.5 Å². The molecular weight excluding hydrogens is 382 g/mol. The number of carbonyl (C=O) groups excluding carboxylic acids is 1. The number of benzene rings is 2. The van der Waals surface area contributed by atoms with Crippen LogP contribution in [0.4, 0.5) is 17.1 Å². The van der Waals surface area contributed by atoms with Crippen LogP contribution >= 0.6 is 11.8 Å². The van der Waals surface area contributed by atoms with Gasteiger partial charge in [-0.15, -0.1) is 0 Å². The van der Waals surface area contributed by atoms with Gasteiger partial charge in [-0.25, -0.2) is 0 Å². The number of nitrogens with one attached hydrogen (secondary N) is 2. The number of amides is 1. The van der Waals surface area contributed by atoms with E-state index >= 15 is 0 Å². The van der Waals surface area contributed by atoms with Crippen LogP contribution in [0.25, 0.3) is 0 Å². The summed E-state index contributed by atoms with van der Waals surface area (Å²) in [6.45, 7) is 0. The molecule has 0 aromatic heterocycles. The molecule has 0 saturated carbocycles. The maximum Gasteiger partial charge on any atom is 0.273 e. The van der Waals surface area contributed by atoms with Crippen molar-refractivity contribution in [3.05, 3.63) is 64.4 Å². The van der Waals surface area contributed by atoms with Gasteiger partial charge in [0.15, 0.2) is 0 Å². The van der Waals surface area contributed by atoms with Crippen LogP contribution in [0.15, 0.2) is 59.1 Å². The molecule has 2 N–H and O–H groups in total. The van der Waals surface area contributed by atoms with E-state index in [2.05, 4.69) is 10.6 Å². The molecule has 0 spiro atoms. The first-order valence-corrected chi connectivity index (χ1v) is 8.46. The van der Waals surface area contributed by atoms with E-state index in [9.17, 15) is 20.2 Å². The predicted octanol–water partition coefficient (Wildman–Crippen LogP) is 3.63. The summed E-state index contributed by atoms with van der Waals surface area (Å²) in [5.41, 5.74) is 0.411. The van der Waals surface area contributed by atoms with Crippen LogP contribution in [-0.4, -0.2) is 17.9 Å². The highest BCUT2D eigenvalue weighted by atomic mass is 32.2. The smallest absolute Gasteiger partial charge is 0.273 e. The van der Waals surface area contributed by atoms with Crippen molar-refractivity contribution in [1.29, 1.82) is 10.5 Å². The van der Waals surface area contributed by atoms with Crippen LogP contribution in [0.2, 0.25) is 0 Å². The van der Waals surface area contributed by atoms with Gasteiger partial charge in [0, 0.05) is 22.8 Å². The van der Waals surface area contributed by atoms with Crippen molar-refractivity contribution >= 4 is 34.7 Å². The molecule has 0 heterocycles. The molecule has 0 saturated heterocycles. The molecule has 0 atom stereocenters. The lowest BCUT2D eigenvalue weighted by atomic mass is 10.2. The highest BCUT2D eigenvalue weighted by Gasteiger charge is 2.15. The number of hydrogen-bond donors (Lipinski definition) is 2. The van der Waals surface area contributed by atoms with Crippen LogP contribution in [-0.2, 0) is 4.79 Å². The number of thioether (sulfide) groups is 1. The monoisotopic (exact) mass is 395 g/mol. The summed E-state index contributed by atoms with van der Waals surface area (Å²) in [6.07, 6.45) is 1.24. The second-order valence-corrected chi connectivity index (χ2v) is 5.99. The van der Waals surface area contributed by atoms with Gasteiger partial charge in [-0.1, -0.05) is 0 Å². The first-order valence-electron chi connectivity index (χ1n) is 7.65. The van der Waals surface area contributed by atoms with Gasteiger partial charge >= 0.3 is 0 Å². The quantitative estimate of drug-likeness (QED) is 0.181. The minimum absolute atomic E-state index is 0.0957. The van der Waals surface area contributed by atoms with Crippen molar-refractivity contribution in [2.45, 2.75) is 4.90 Å². The Bertz CT molecular complexity index is 1010. The second-order valence-electron chi connectivity index (χ2n) is 5.13. The molecule has 0 unspecified atom stereocenters. The van der Waals surface area contributed by atoms with Gasteiger partial charge in [0.2, 0.25) is 0 Å². The molecule has 2 aromatic carbocycles. The minimum atomic E-state index is -0.709. The molecule has 10 heteroatoms. The molecule has 1 amide bonds. The molecule has 2 aromatic rings. The Morgan fingerprint density at radius 2 is 1.96 bits per heavy atom. The molecular formula is C18H13N5O4S. The molecule has 140 valence electrons. The van der Waals surface area contributed by atoms with Gasteiger partial charge in [-0.3, -0.25) is 14.9 Å². The largest absolute Gasteiger partial charge is 0.494 e. The number of thiocyanates is 1. The number of rotatable bonds is 7. The van der Waals surface area contributed by atoms with Crippen molar-refractivity contribution in [3.8, 4) is 17.2 Å². The number of nitrogens with zero attached hydrogens (tertiary/aromatic N) is 3. The Hall–Kier alpha value is -4.02. The molecule has 28 heavy (non-hydrogen) atoms. The molecule has 0 aliphatic rings. The summed E-state index contributed by atoms with van der Waals surface area (Å²) in [4.78, 5) is 23.3. The van der Waals surface area contributed by atoms with E-state index in [4.69, 9.17) is 10.00 Å². The number of carbonyl (C=O) groups is 1. The van der Waals surface area contributed by atoms with Crippen molar-refractivity contribution < 1.29 is 14.5 Å². The van der Waals surface area contributed by atoms with Crippen molar-refractivity contribution in [2.24, 2.45) is 0 Å². The highest BCUT2D eigenvalue weighted by molar-refractivity contribution is 8.03. The van der Waals surface area contributed by atoms with E-state index < -0.39 is 10.8 Å². The van der Waals surface area contributed by atoms with E-state index in [-0.39, 0.29) is 22.7 Å². The zero-order chi connectivity index (χ0) is 20.5. The lowest BCUT2D eigenvalue weighted by molar-refractivity contribution is -0.384. The molecule has 0 radical (unpaired) electrons. The van der Waals surface area contributed by atoms with Gasteiger partial charge in [0.25, 0.3) is 11.6 Å². The van der Waals surface area contributed by atoms with E-state index in [1.54, 1.807) is 30.3 Å². The summed E-state index contributed by atoms with van der Waals surface area (Å²) in [7, 11) is 1.31. The molecule has 0 fully saturated rings. The average molecular weight is 395 g/mol. The number of nitriles is 2. The molecule has 0 aliphatic heterocycles. The Balaban J connectivity index is 2.13. The summed E-state index contributed by atoms with van der Waals surface area (Å²) in [5, 5.41) is 35.9. The normalized spacial score (nSPS) is 10.3. The summed E-state index contributed by atoms with van der Waals surface area (Å²) < 4.78 is 5.05. The lowest BCUT2D eigenvalue weighted by Gasteiger charge is -2.09. The third-order valence-corrected chi connectivity index (χ3v) is 4.01. The number of anilines is 2. The van der Waals surface area contributed by atoms with Crippen LogP contribution in [0.1, 0.15) is 0 Å². The minimum Gasteiger partial charge on any atom is -0.494 e. The van der Waals surface area contributed by atoms with Gasteiger partial charge in [0.1, 0.15) is 22.8 Å². The third-order valence-electron chi connectivity index (χ3n) is 3.41. The highest BCUT2D eigenvalue weighted by Crippen LogP contribution is 2.29. The van der Waals surface area contributed by atoms with E-state index in [1.807, 2.05) is 5.40 Å². The molecule has 9 nitrogen and oxygen atoms in total. The topological polar surface area (TPSA) is 141 Å². The van der Waals surface area contributed by atoms with Gasteiger partial charge in [0.05, 0.1) is 23.8 Å². The van der Waals surface area contributed by atoms with Crippen molar-refractivity contribution in [1.82, 2.24) is 0 Å². The molecule has 0 bridgehead atoms. The first-order chi connectivity index (χ1) is 13.5. The average Bonchev–Trinajstić information content (AvgIpc) is 2.70. The maximum atomic E-state index is 12.3. The number of ether oxygens (including phenoxy) is 1. The maximum absolute atomic E-state index is 12.3. The summed E-state index contributed by atoms with van der Waals surface area (Å²) in [6, 6.07) is 12.3. The predicted molar refractivity (Wildman–Crippen MR) is 104 cm³/mol. The SMILES string of the molecule is COc1cc([N+](=O)[O-])ccc1NC(=O)/C(C#N)=C\Nc1ccc(SC#N)cc1. The zero-order valence-corrected chi connectivity index (χ0v) is 15.3. The fourth-order valence-electron chi connectivity index (χ4n) is 2.06. The van der Waals surface area contributed by atoms with Crippen LogP contribution in [0, 0.1) is 32.1 Å². The zero-order valence-electron chi connectivity index (χ0n) is 14.5. The van der Waals surface area contributed by atoms with E-state index in [0.29, 0.717) is 5.69 Å². The number of nitro groups is 1. The molecule has 2 rings (SSSR count). The molecule has 0 aliphatic carbocycles. The number of hydrogen-bond acceptors (Lipinski definition) is 8. The second kappa shape index (κ2) is 9.62. The van der Waals surface area contributed by atoms with Gasteiger partial charge in [-0.2, -0.15) is 10.5 Å². The van der Waals surface area contributed by atoms with Crippen LogP contribution in [0.3, 0.4) is 0 Å². The fourth-order valence-corrected chi connectivity index (χ4v) is 2.44. The lowest BCUT2D eigenvalue weighted by Crippen LogP contribution is -2.15. The summed E-state index contributed by atoms with van der Waals surface area (Å²) >= 11 is 1.02.